The van der Waals surface area contributed by atoms with Gasteiger partial charge in [-0.25, -0.2) is 12.8 Å². The Labute approximate surface area is 262 Å². The summed E-state index contributed by atoms with van der Waals surface area (Å²) < 4.78 is 95.1. The minimum absolute atomic E-state index is 0.0720. The first-order valence-electron chi connectivity index (χ1n) is 15.7. The van der Waals surface area contributed by atoms with Crippen molar-refractivity contribution in [1.29, 1.82) is 0 Å². The van der Waals surface area contributed by atoms with E-state index < -0.39 is 38.3 Å². The summed E-state index contributed by atoms with van der Waals surface area (Å²) in [6.07, 6.45) is 0.118. The number of nitrogens with zero attached hydrogens (tertiary/aromatic N) is 3. The van der Waals surface area contributed by atoms with E-state index in [0.29, 0.717) is 51.8 Å². The Kier molecular flexibility index (Phi) is 10.8. The van der Waals surface area contributed by atoms with Gasteiger partial charge in [-0.15, -0.1) is 0 Å². The highest BCUT2D eigenvalue weighted by atomic mass is 32.2. The number of hydrogen-bond donors (Lipinski definition) is 0. The summed E-state index contributed by atoms with van der Waals surface area (Å²) in [5, 5.41) is 0. The average Bonchev–Trinajstić information content (AvgIpc) is 3.55. The molecule has 0 N–H and O–H groups in total. The molecule has 0 spiro atoms. The SMILES string of the molecule is O=C(COCC1CCCCN1S(=O)(=O)c1ccccc1C(F)(F)F)N1CCC(OCCN2CCCC2)(c2cccc(F)c2)CC1. The van der Waals surface area contributed by atoms with Gasteiger partial charge < -0.3 is 19.3 Å². The van der Waals surface area contributed by atoms with Crippen molar-refractivity contribution in [1.82, 2.24) is 14.1 Å². The lowest BCUT2D eigenvalue weighted by atomic mass is 9.84. The van der Waals surface area contributed by atoms with Crippen LogP contribution in [0.3, 0.4) is 0 Å². The Morgan fingerprint density at radius 3 is 2.36 bits per heavy atom. The summed E-state index contributed by atoms with van der Waals surface area (Å²) >= 11 is 0. The molecule has 3 aliphatic heterocycles. The van der Waals surface area contributed by atoms with E-state index >= 15 is 0 Å². The zero-order chi connectivity index (χ0) is 32.1. The van der Waals surface area contributed by atoms with Gasteiger partial charge in [0.2, 0.25) is 15.9 Å². The molecule has 0 radical (unpaired) electrons. The molecule has 13 heteroatoms. The van der Waals surface area contributed by atoms with Gasteiger partial charge in [0.15, 0.2) is 0 Å². The number of halogens is 4. The zero-order valence-corrected chi connectivity index (χ0v) is 26.1. The molecular formula is C32H41F4N3O5S. The highest BCUT2D eigenvalue weighted by Crippen LogP contribution is 2.38. The van der Waals surface area contributed by atoms with E-state index in [2.05, 4.69) is 4.90 Å². The number of rotatable bonds is 11. The average molecular weight is 656 g/mol. The molecule has 2 aromatic carbocycles. The Balaban J connectivity index is 1.18. The Morgan fingerprint density at radius 1 is 0.933 bits per heavy atom. The van der Waals surface area contributed by atoms with Gasteiger partial charge in [0, 0.05) is 32.2 Å². The third-order valence-electron chi connectivity index (χ3n) is 9.15. The lowest BCUT2D eigenvalue weighted by Crippen LogP contribution is -2.49. The topological polar surface area (TPSA) is 79.4 Å². The van der Waals surface area contributed by atoms with Crippen LogP contribution in [0.1, 0.15) is 56.1 Å². The summed E-state index contributed by atoms with van der Waals surface area (Å²) in [4.78, 5) is 16.4. The smallest absolute Gasteiger partial charge is 0.370 e. The fourth-order valence-corrected chi connectivity index (χ4v) is 8.56. The van der Waals surface area contributed by atoms with Gasteiger partial charge >= 0.3 is 6.18 Å². The highest BCUT2D eigenvalue weighted by molar-refractivity contribution is 7.89. The molecule has 1 amide bonds. The predicted molar refractivity (Wildman–Crippen MR) is 159 cm³/mol. The standard InChI is InChI=1S/C32H41F4N3O5S/c33-26-9-7-8-25(22-26)31(44-21-20-37-15-5-6-16-37)13-18-38(19-14-31)30(40)24-43-23-27-10-3-4-17-39(27)45(41,42)29-12-2-1-11-28(29)32(34,35)36/h1-2,7-9,11-12,22,27H,3-6,10,13-21,23-24H2. The predicted octanol–water partition coefficient (Wildman–Crippen LogP) is 5.03. The number of benzene rings is 2. The molecule has 0 bridgehead atoms. The first-order valence-corrected chi connectivity index (χ1v) is 17.1. The minimum atomic E-state index is -4.82. The molecular weight excluding hydrogens is 614 g/mol. The molecule has 45 heavy (non-hydrogen) atoms. The molecule has 1 atom stereocenters. The third kappa shape index (κ3) is 8.05. The quantitative estimate of drug-likeness (QED) is 0.316. The fourth-order valence-electron chi connectivity index (χ4n) is 6.66. The van der Waals surface area contributed by atoms with Crippen LogP contribution in [-0.4, -0.2) is 93.6 Å². The van der Waals surface area contributed by atoms with Gasteiger partial charge in [-0.3, -0.25) is 4.79 Å². The second-order valence-electron chi connectivity index (χ2n) is 12.1. The van der Waals surface area contributed by atoms with Gasteiger partial charge in [-0.2, -0.15) is 17.5 Å². The highest BCUT2D eigenvalue weighted by Gasteiger charge is 2.42. The number of alkyl halides is 3. The first kappa shape index (κ1) is 33.8. The summed E-state index contributed by atoms with van der Waals surface area (Å²) in [5.41, 5.74) is -1.17. The van der Waals surface area contributed by atoms with Crippen molar-refractivity contribution in [2.45, 2.75) is 67.7 Å². The minimum Gasteiger partial charge on any atom is -0.370 e. The Morgan fingerprint density at radius 2 is 1.64 bits per heavy atom. The molecule has 3 fully saturated rings. The normalized spacial score (nSPS) is 21.7. The van der Waals surface area contributed by atoms with E-state index in [1.54, 1.807) is 11.0 Å². The molecule has 8 nitrogen and oxygen atoms in total. The van der Waals surface area contributed by atoms with Gasteiger partial charge in [0.25, 0.3) is 0 Å². The Bertz CT molecular complexity index is 1410. The third-order valence-corrected chi connectivity index (χ3v) is 11.2. The van der Waals surface area contributed by atoms with Gasteiger partial charge in [-0.05, 0) is 81.4 Å². The number of hydrogen-bond acceptors (Lipinski definition) is 6. The van der Waals surface area contributed by atoms with Crippen LogP contribution < -0.4 is 0 Å². The lowest BCUT2D eigenvalue weighted by Gasteiger charge is -2.42. The van der Waals surface area contributed by atoms with Crippen LogP contribution in [0.5, 0.6) is 0 Å². The van der Waals surface area contributed by atoms with Crippen molar-refractivity contribution in [3.8, 4) is 0 Å². The fraction of sp³-hybridized carbons (Fsp3) is 0.594. The summed E-state index contributed by atoms with van der Waals surface area (Å²) in [7, 11) is -4.46. The summed E-state index contributed by atoms with van der Waals surface area (Å²) in [5.74, 6) is -0.616. The van der Waals surface area contributed by atoms with Crippen molar-refractivity contribution in [2.75, 3.05) is 59.1 Å². The number of amides is 1. The molecule has 5 rings (SSSR count). The zero-order valence-electron chi connectivity index (χ0n) is 25.3. The number of sulfonamides is 1. The largest absolute Gasteiger partial charge is 0.417 e. The summed E-state index contributed by atoms with van der Waals surface area (Å²) in [6.45, 7) is 3.81. The summed E-state index contributed by atoms with van der Waals surface area (Å²) in [6, 6.07) is 9.90. The molecule has 0 saturated carbocycles. The Hall–Kier alpha value is -2.58. The van der Waals surface area contributed by atoms with E-state index in [-0.39, 0.29) is 31.5 Å². The number of ether oxygens (including phenoxy) is 2. The number of piperidine rings is 2. The number of carbonyl (C=O) groups is 1. The van der Waals surface area contributed by atoms with Gasteiger partial charge in [0.05, 0.1) is 29.3 Å². The van der Waals surface area contributed by atoms with E-state index in [4.69, 9.17) is 9.47 Å². The van der Waals surface area contributed by atoms with Crippen LogP contribution in [0.25, 0.3) is 0 Å². The maximum atomic E-state index is 14.2. The van der Waals surface area contributed by atoms with E-state index in [0.717, 1.165) is 47.7 Å². The van der Waals surface area contributed by atoms with Crippen LogP contribution in [0.2, 0.25) is 0 Å². The van der Waals surface area contributed by atoms with Gasteiger partial charge in [0.1, 0.15) is 12.4 Å². The van der Waals surface area contributed by atoms with Gasteiger partial charge in [-0.1, -0.05) is 30.7 Å². The van der Waals surface area contributed by atoms with Crippen molar-refractivity contribution in [3.63, 3.8) is 0 Å². The van der Waals surface area contributed by atoms with Crippen LogP contribution in [0, 0.1) is 5.82 Å². The lowest BCUT2D eigenvalue weighted by molar-refractivity contribution is -0.145. The monoisotopic (exact) mass is 655 g/mol. The second-order valence-corrected chi connectivity index (χ2v) is 13.9. The van der Waals surface area contributed by atoms with Crippen LogP contribution >= 0.6 is 0 Å². The number of carbonyl (C=O) groups excluding carboxylic acids is 1. The molecule has 0 aliphatic carbocycles. The first-order chi connectivity index (χ1) is 21.5. The molecule has 2 aromatic rings. The molecule has 248 valence electrons. The molecule has 0 aromatic heterocycles. The number of likely N-dealkylation sites (tertiary alicyclic amines) is 2. The second kappa shape index (κ2) is 14.5. The molecule has 3 saturated heterocycles. The van der Waals surface area contributed by atoms with E-state index in [9.17, 15) is 30.8 Å². The van der Waals surface area contributed by atoms with Crippen molar-refractivity contribution < 1.29 is 40.2 Å². The maximum absolute atomic E-state index is 14.2. The van der Waals surface area contributed by atoms with Crippen molar-refractivity contribution >= 4 is 15.9 Å². The molecule has 3 aliphatic rings. The van der Waals surface area contributed by atoms with Crippen molar-refractivity contribution in [2.24, 2.45) is 0 Å². The van der Waals surface area contributed by atoms with Crippen LogP contribution in [0.4, 0.5) is 17.6 Å². The van der Waals surface area contributed by atoms with E-state index in [1.165, 1.54) is 31.0 Å². The molecule has 1 unspecified atom stereocenters. The van der Waals surface area contributed by atoms with Crippen LogP contribution in [-0.2, 0) is 36.1 Å². The van der Waals surface area contributed by atoms with Crippen molar-refractivity contribution in [3.05, 3.63) is 65.5 Å². The van der Waals surface area contributed by atoms with E-state index in [1.807, 2.05) is 6.07 Å². The van der Waals surface area contributed by atoms with Crippen LogP contribution in [0.15, 0.2) is 53.4 Å². The maximum Gasteiger partial charge on any atom is 0.417 e. The molecule has 3 heterocycles.